The van der Waals surface area contributed by atoms with Crippen molar-refractivity contribution < 1.29 is 9.52 Å². The second-order valence-corrected chi connectivity index (χ2v) is 2.04. The predicted octanol–water partition coefficient (Wildman–Crippen LogP) is 1.47. The van der Waals surface area contributed by atoms with Crippen LogP contribution in [-0.4, -0.2) is 11.7 Å². The maximum atomic E-state index is 8.46. The van der Waals surface area contributed by atoms with Crippen LogP contribution in [0.4, 0.5) is 0 Å². The molecule has 0 spiro atoms. The zero-order valence-corrected chi connectivity index (χ0v) is 5.56. The Morgan fingerprint density at radius 3 is 2.89 bits per heavy atom. The molecule has 1 N–H and O–H groups in total. The highest BCUT2D eigenvalue weighted by Crippen LogP contribution is 2.16. The third-order valence-electron chi connectivity index (χ3n) is 1.07. The Labute approximate surface area is 58.1 Å². The molecule has 0 unspecified atom stereocenters. The highest BCUT2D eigenvalue weighted by molar-refractivity contribution is 6.29. The zero-order valence-electron chi connectivity index (χ0n) is 4.80. The van der Waals surface area contributed by atoms with Crippen molar-refractivity contribution in [1.82, 2.24) is 0 Å². The minimum Gasteiger partial charge on any atom is -0.453 e. The summed E-state index contributed by atoms with van der Waals surface area (Å²) in [7, 11) is 0. The normalized spacial score (nSPS) is 10.0. The third-order valence-corrected chi connectivity index (χ3v) is 1.41. The zero-order chi connectivity index (χ0) is 6.69. The molecule has 1 rings (SSSR count). The van der Waals surface area contributed by atoms with Gasteiger partial charge in [0.25, 0.3) is 0 Å². The first-order chi connectivity index (χ1) is 4.34. The molecule has 3 heteroatoms. The number of aliphatic hydroxyl groups is 1. The molecule has 0 aliphatic carbocycles. The van der Waals surface area contributed by atoms with Gasteiger partial charge in [-0.3, -0.25) is 0 Å². The maximum absolute atomic E-state index is 8.46. The molecule has 0 aromatic carbocycles. The van der Waals surface area contributed by atoms with Crippen molar-refractivity contribution in [1.29, 1.82) is 0 Å². The smallest absolute Gasteiger partial charge is 0.196 e. The Hall–Kier alpha value is -0.470. The first kappa shape index (κ1) is 6.65. The van der Waals surface area contributed by atoms with Gasteiger partial charge in [0.2, 0.25) is 0 Å². The monoisotopic (exact) mass is 146 g/mol. The van der Waals surface area contributed by atoms with Crippen LogP contribution < -0.4 is 0 Å². The number of aliphatic hydroxyl groups excluding tert-OH is 1. The van der Waals surface area contributed by atoms with Crippen molar-refractivity contribution in [2.24, 2.45) is 0 Å². The maximum Gasteiger partial charge on any atom is 0.196 e. The number of hydrogen-bond acceptors (Lipinski definition) is 2. The number of halogens is 1. The summed E-state index contributed by atoms with van der Waals surface area (Å²) in [6.07, 6.45) is 2.07. The summed E-state index contributed by atoms with van der Waals surface area (Å²) in [5.41, 5.74) is 0.860. The summed E-state index contributed by atoms with van der Waals surface area (Å²) in [5, 5.41) is 8.84. The largest absolute Gasteiger partial charge is 0.453 e. The number of hydrogen-bond donors (Lipinski definition) is 1. The van der Waals surface area contributed by atoms with Gasteiger partial charge in [0.1, 0.15) is 0 Å². The molecule has 0 fully saturated rings. The van der Waals surface area contributed by atoms with Crippen LogP contribution in [0.3, 0.4) is 0 Å². The quantitative estimate of drug-likeness (QED) is 0.686. The lowest BCUT2D eigenvalue weighted by molar-refractivity contribution is 0.299. The lowest BCUT2D eigenvalue weighted by atomic mass is 10.3. The van der Waals surface area contributed by atoms with Crippen LogP contribution >= 0.6 is 11.6 Å². The van der Waals surface area contributed by atoms with Gasteiger partial charge in [-0.25, -0.2) is 0 Å². The standard InChI is InChI=1S/C6H7ClO2/c7-6-5(1-3-8)2-4-9-6/h2,4,8H,1,3H2. The summed E-state index contributed by atoms with van der Waals surface area (Å²) in [6.45, 7) is 0.110. The van der Waals surface area contributed by atoms with Gasteiger partial charge in [0.15, 0.2) is 5.22 Å². The lowest BCUT2D eigenvalue weighted by Gasteiger charge is -1.88. The van der Waals surface area contributed by atoms with E-state index in [1.165, 1.54) is 6.26 Å². The molecule has 0 aliphatic rings. The van der Waals surface area contributed by atoms with Gasteiger partial charge in [-0.15, -0.1) is 0 Å². The molecule has 0 amide bonds. The van der Waals surface area contributed by atoms with Crippen LogP contribution in [0.15, 0.2) is 16.7 Å². The van der Waals surface area contributed by atoms with E-state index in [-0.39, 0.29) is 6.61 Å². The Balaban J connectivity index is 2.69. The molecule has 0 bridgehead atoms. The Kier molecular flexibility index (Phi) is 2.14. The highest BCUT2D eigenvalue weighted by atomic mass is 35.5. The van der Waals surface area contributed by atoms with E-state index in [1.54, 1.807) is 6.07 Å². The fraction of sp³-hybridized carbons (Fsp3) is 0.333. The van der Waals surface area contributed by atoms with E-state index in [4.69, 9.17) is 21.1 Å². The second kappa shape index (κ2) is 2.90. The number of rotatable bonds is 2. The minimum absolute atomic E-state index is 0.110. The SMILES string of the molecule is OCCc1ccoc1Cl. The van der Waals surface area contributed by atoms with Crippen LogP contribution in [0.5, 0.6) is 0 Å². The third kappa shape index (κ3) is 1.47. The molecule has 0 saturated carbocycles. The fourth-order valence-corrected chi connectivity index (χ4v) is 0.828. The molecule has 2 nitrogen and oxygen atoms in total. The summed E-state index contributed by atoms with van der Waals surface area (Å²) < 4.78 is 4.77. The lowest BCUT2D eigenvalue weighted by Crippen LogP contribution is -1.87. The molecule has 1 heterocycles. The molecule has 1 aromatic rings. The van der Waals surface area contributed by atoms with Crippen molar-refractivity contribution in [3.8, 4) is 0 Å². The first-order valence-electron chi connectivity index (χ1n) is 2.67. The summed E-state index contributed by atoms with van der Waals surface area (Å²) in [6, 6.07) is 1.75. The van der Waals surface area contributed by atoms with E-state index in [2.05, 4.69) is 0 Å². The van der Waals surface area contributed by atoms with Crippen LogP contribution in [0, 0.1) is 0 Å². The van der Waals surface area contributed by atoms with Crippen molar-refractivity contribution in [3.05, 3.63) is 23.1 Å². The van der Waals surface area contributed by atoms with Crippen LogP contribution in [0.25, 0.3) is 0 Å². The van der Waals surface area contributed by atoms with Gasteiger partial charge in [-0.2, -0.15) is 0 Å². The van der Waals surface area contributed by atoms with Gasteiger partial charge in [0, 0.05) is 18.6 Å². The van der Waals surface area contributed by atoms with E-state index < -0.39 is 0 Å². The molecule has 0 saturated heterocycles. The van der Waals surface area contributed by atoms with Crippen LogP contribution in [0.1, 0.15) is 5.56 Å². The van der Waals surface area contributed by atoms with Gasteiger partial charge in [0.05, 0.1) is 6.26 Å². The Bertz CT molecular complexity index is 183. The van der Waals surface area contributed by atoms with Gasteiger partial charge in [-0.1, -0.05) is 0 Å². The fourth-order valence-electron chi connectivity index (χ4n) is 0.619. The van der Waals surface area contributed by atoms with Crippen LogP contribution in [0.2, 0.25) is 5.22 Å². The van der Waals surface area contributed by atoms with Gasteiger partial charge >= 0.3 is 0 Å². The van der Waals surface area contributed by atoms with Crippen molar-refractivity contribution in [2.45, 2.75) is 6.42 Å². The number of furan rings is 1. The molecular formula is C6H7ClO2. The van der Waals surface area contributed by atoms with Gasteiger partial charge < -0.3 is 9.52 Å². The molecule has 1 aromatic heterocycles. The van der Waals surface area contributed by atoms with Crippen molar-refractivity contribution in [3.63, 3.8) is 0 Å². The molecule has 0 aliphatic heterocycles. The summed E-state index contributed by atoms with van der Waals surface area (Å²) >= 11 is 5.54. The highest BCUT2D eigenvalue weighted by Gasteiger charge is 1.99. The Morgan fingerprint density at radius 2 is 2.44 bits per heavy atom. The minimum atomic E-state index is 0.110. The second-order valence-electron chi connectivity index (χ2n) is 1.69. The molecule has 0 radical (unpaired) electrons. The van der Waals surface area contributed by atoms with Crippen LogP contribution in [-0.2, 0) is 6.42 Å². The van der Waals surface area contributed by atoms with Crippen molar-refractivity contribution >= 4 is 11.6 Å². The van der Waals surface area contributed by atoms with Crippen molar-refractivity contribution in [2.75, 3.05) is 6.61 Å². The molecule has 0 atom stereocenters. The van der Waals surface area contributed by atoms with Gasteiger partial charge in [-0.05, 0) is 17.7 Å². The Morgan fingerprint density at radius 1 is 1.67 bits per heavy atom. The van der Waals surface area contributed by atoms with E-state index >= 15 is 0 Å². The first-order valence-corrected chi connectivity index (χ1v) is 3.05. The van der Waals surface area contributed by atoms with E-state index in [0.717, 1.165) is 5.56 Å². The molecular weight excluding hydrogens is 140 g/mol. The van der Waals surface area contributed by atoms with E-state index in [1.807, 2.05) is 0 Å². The average Bonchev–Trinajstić information content (AvgIpc) is 2.18. The molecule has 50 valence electrons. The van der Waals surface area contributed by atoms with E-state index in [0.29, 0.717) is 11.6 Å². The van der Waals surface area contributed by atoms with E-state index in [9.17, 15) is 0 Å². The average molecular weight is 147 g/mol. The summed E-state index contributed by atoms with van der Waals surface area (Å²) in [4.78, 5) is 0. The summed E-state index contributed by atoms with van der Waals surface area (Å²) in [5.74, 6) is 0. The topological polar surface area (TPSA) is 33.4 Å². The predicted molar refractivity (Wildman–Crippen MR) is 34.5 cm³/mol. The molecule has 9 heavy (non-hydrogen) atoms.